The summed E-state index contributed by atoms with van der Waals surface area (Å²) in [4.78, 5) is 0. The van der Waals surface area contributed by atoms with Gasteiger partial charge in [-0.3, -0.25) is 0 Å². The van der Waals surface area contributed by atoms with Gasteiger partial charge in [-0.15, -0.1) is 0 Å². The highest BCUT2D eigenvalue weighted by Gasteiger charge is 2.20. The van der Waals surface area contributed by atoms with Gasteiger partial charge in [0.05, 0.1) is 0 Å². The quantitative estimate of drug-likeness (QED) is 0.785. The highest BCUT2D eigenvalue weighted by atomic mass is 14.9. The van der Waals surface area contributed by atoms with Gasteiger partial charge in [-0.25, -0.2) is 0 Å². The zero-order valence-electron chi connectivity index (χ0n) is 12.0. The van der Waals surface area contributed by atoms with Gasteiger partial charge >= 0.3 is 0 Å². The Bertz CT molecular complexity index is 339. The van der Waals surface area contributed by atoms with E-state index in [2.05, 4.69) is 64.2 Å². The minimum Gasteiger partial charge on any atom is -0.315 e. The number of hydrogen-bond acceptors (Lipinski definition) is 1. The Morgan fingerprint density at radius 2 is 1.94 bits per heavy atom. The third-order valence-electron chi connectivity index (χ3n) is 3.42. The largest absolute Gasteiger partial charge is 0.315 e. The van der Waals surface area contributed by atoms with Crippen LogP contribution in [0.4, 0.5) is 0 Å². The predicted octanol–water partition coefficient (Wildman–Crippen LogP) is 3.91. The molecule has 0 spiro atoms. The van der Waals surface area contributed by atoms with E-state index in [1.807, 2.05) is 0 Å². The van der Waals surface area contributed by atoms with Gasteiger partial charge < -0.3 is 5.32 Å². The van der Waals surface area contributed by atoms with Crippen molar-refractivity contribution in [3.63, 3.8) is 0 Å². The highest BCUT2D eigenvalue weighted by Crippen LogP contribution is 2.27. The SMILES string of the molecule is CCc1cccc(C(C)(C)CCNC(C)C)c1. The zero-order chi connectivity index (χ0) is 12.9. The molecule has 0 heterocycles. The number of hydrogen-bond donors (Lipinski definition) is 1. The van der Waals surface area contributed by atoms with Crippen molar-refractivity contribution >= 4 is 0 Å². The van der Waals surface area contributed by atoms with E-state index in [0.29, 0.717) is 6.04 Å². The van der Waals surface area contributed by atoms with Crippen molar-refractivity contribution in [3.8, 4) is 0 Å². The molecule has 0 bridgehead atoms. The minimum atomic E-state index is 0.257. The monoisotopic (exact) mass is 233 g/mol. The van der Waals surface area contributed by atoms with Gasteiger partial charge in [0.25, 0.3) is 0 Å². The summed E-state index contributed by atoms with van der Waals surface area (Å²) in [6.45, 7) is 12.4. The maximum absolute atomic E-state index is 3.50. The van der Waals surface area contributed by atoms with Crippen LogP contribution < -0.4 is 5.32 Å². The molecule has 17 heavy (non-hydrogen) atoms. The van der Waals surface area contributed by atoms with E-state index >= 15 is 0 Å². The van der Waals surface area contributed by atoms with Crippen LogP contribution in [-0.2, 0) is 11.8 Å². The molecule has 0 aliphatic heterocycles. The van der Waals surface area contributed by atoms with Gasteiger partial charge in [0.2, 0.25) is 0 Å². The molecule has 0 aromatic heterocycles. The van der Waals surface area contributed by atoms with Crippen LogP contribution in [0.2, 0.25) is 0 Å². The third kappa shape index (κ3) is 4.51. The average Bonchev–Trinajstić information content (AvgIpc) is 2.28. The van der Waals surface area contributed by atoms with Crippen LogP contribution in [0.15, 0.2) is 24.3 Å². The van der Waals surface area contributed by atoms with Crippen LogP contribution in [0.5, 0.6) is 0 Å². The van der Waals surface area contributed by atoms with Crippen LogP contribution in [0, 0.1) is 0 Å². The second-order valence-electron chi connectivity index (χ2n) is 5.80. The van der Waals surface area contributed by atoms with Crippen molar-refractivity contribution in [3.05, 3.63) is 35.4 Å². The molecule has 0 aliphatic rings. The lowest BCUT2D eigenvalue weighted by atomic mass is 9.81. The fourth-order valence-corrected chi connectivity index (χ4v) is 2.03. The average molecular weight is 233 g/mol. The minimum absolute atomic E-state index is 0.257. The molecule has 1 nitrogen and oxygen atoms in total. The summed E-state index contributed by atoms with van der Waals surface area (Å²) < 4.78 is 0. The lowest BCUT2D eigenvalue weighted by Crippen LogP contribution is -2.29. The number of benzene rings is 1. The topological polar surface area (TPSA) is 12.0 Å². The molecule has 1 heteroatoms. The second kappa shape index (κ2) is 6.20. The van der Waals surface area contributed by atoms with Crippen molar-refractivity contribution < 1.29 is 0 Å². The molecule has 0 saturated heterocycles. The predicted molar refractivity (Wildman–Crippen MR) is 76.6 cm³/mol. The van der Waals surface area contributed by atoms with Crippen molar-refractivity contribution in [1.82, 2.24) is 5.32 Å². The molecule has 0 aliphatic carbocycles. The molecular formula is C16H27N. The highest BCUT2D eigenvalue weighted by molar-refractivity contribution is 5.29. The first-order chi connectivity index (χ1) is 7.95. The number of aryl methyl sites for hydroxylation is 1. The van der Waals surface area contributed by atoms with E-state index in [9.17, 15) is 0 Å². The summed E-state index contributed by atoms with van der Waals surface area (Å²) in [5, 5.41) is 3.50. The van der Waals surface area contributed by atoms with Crippen LogP contribution >= 0.6 is 0 Å². The van der Waals surface area contributed by atoms with E-state index in [4.69, 9.17) is 0 Å². The molecule has 1 aromatic rings. The molecule has 0 atom stereocenters. The lowest BCUT2D eigenvalue weighted by molar-refractivity contribution is 0.441. The third-order valence-corrected chi connectivity index (χ3v) is 3.42. The summed E-state index contributed by atoms with van der Waals surface area (Å²) in [5.74, 6) is 0. The molecule has 1 N–H and O–H groups in total. The molecule has 0 amide bonds. The Balaban J connectivity index is 2.67. The van der Waals surface area contributed by atoms with Crippen LogP contribution in [0.25, 0.3) is 0 Å². The normalized spacial score (nSPS) is 12.1. The van der Waals surface area contributed by atoms with Gasteiger partial charge in [-0.2, -0.15) is 0 Å². The molecular weight excluding hydrogens is 206 g/mol. The molecule has 1 aromatic carbocycles. The summed E-state index contributed by atoms with van der Waals surface area (Å²) in [7, 11) is 0. The van der Waals surface area contributed by atoms with Crippen molar-refractivity contribution in [2.45, 2.75) is 58.9 Å². The van der Waals surface area contributed by atoms with E-state index in [1.165, 1.54) is 17.5 Å². The van der Waals surface area contributed by atoms with Crippen LogP contribution in [0.3, 0.4) is 0 Å². The molecule has 0 saturated carbocycles. The van der Waals surface area contributed by atoms with Gasteiger partial charge in [-0.1, -0.05) is 58.9 Å². The fraction of sp³-hybridized carbons (Fsp3) is 0.625. The molecule has 0 radical (unpaired) electrons. The number of nitrogens with one attached hydrogen (secondary N) is 1. The van der Waals surface area contributed by atoms with Gasteiger partial charge in [0.15, 0.2) is 0 Å². The summed E-state index contributed by atoms with van der Waals surface area (Å²) in [6, 6.07) is 9.59. The van der Waals surface area contributed by atoms with E-state index in [-0.39, 0.29) is 5.41 Å². The zero-order valence-corrected chi connectivity index (χ0v) is 12.0. The molecule has 96 valence electrons. The van der Waals surface area contributed by atoms with E-state index < -0.39 is 0 Å². The lowest BCUT2D eigenvalue weighted by Gasteiger charge is -2.26. The Kier molecular flexibility index (Phi) is 5.20. The Labute approximate surface area is 107 Å². The number of rotatable bonds is 6. The van der Waals surface area contributed by atoms with Crippen LogP contribution in [0.1, 0.15) is 52.2 Å². The first-order valence-corrected chi connectivity index (χ1v) is 6.78. The second-order valence-corrected chi connectivity index (χ2v) is 5.80. The first kappa shape index (κ1) is 14.2. The summed E-state index contributed by atoms with van der Waals surface area (Å²) in [5.41, 5.74) is 3.15. The fourth-order valence-electron chi connectivity index (χ4n) is 2.03. The van der Waals surface area contributed by atoms with Crippen molar-refractivity contribution in [2.75, 3.05) is 6.54 Å². The van der Waals surface area contributed by atoms with Gasteiger partial charge in [0.1, 0.15) is 0 Å². The summed E-state index contributed by atoms with van der Waals surface area (Å²) in [6.07, 6.45) is 2.30. The summed E-state index contributed by atoms with van der Waals surface area (Å²) >= 11 is 0. The van der Waals surface area contributed by atoms with Gasteiger partial charge in [0, 0.05) is 6.04 Å². The molecule has 1 rings (SSSR count). The first-order valence-electron chi connectivity index (χ1n) is 6.78. The van der Waals surface area contributed by atoms with E-state index in [1.54, 1.807) is 0 Å². The van der Waals surface area contributed by atoms with Crippen molar-refractivity contribution in [2.24, 2.45) is 0 Å². The maximum atomic E-state index is 3.50. The van der Waals surface area contributed by atoms with Crippen LogP contribution in [-0.4, -0.2) is 12.6 Å². The Hall–Kier alpha value is -0.820. The van der Waals surface area contributed by atoms with Crippen molar-refractivity contribution in [1.29, 1.82) is 0 Å². The Morgan fingerprint density at radius 1 is 1.24 bits per heavy atom. The molecule has 0 unspecified atom stereocenters. The van der Waals surface area contributed by atoms with Gasteiger partial charge in [-0.05, 0) is 35.9 Å². The Morgan fingerprint density at radius 3 is 2.53 bits per heavy atom. The maximum Gasteiger partial charge on any atom is 0.00103 e. The standard InChI is InChI=1S/C16H27N/c1-6-14-8-7-9-15(12-14)16(4,5)10-11-17-13(2)3/h7-9,12-13,17H,6,10-11H2,1-5H3. The molecule has 0 fully saturated rings. The van der Waals surface area contributed by atoms with E-state index in [0.717, 1.165) is 13.0 Å². The smallest absolute Gasteiger partial charge is 0.00103 e.